The maximum atomic E-state index is 10.6. The highest BCUT2D eigenvalue weighted by Crippen LogP contribution is 2.25. The molecule has 2 aromatic rings. The third-order valence-electron chi connectivity index (χ3n) is 2.80. The van der Waals surface area contributed by atoms with Crippen molar-refractivity contribution in [3.05, 3.63) is 34.8 Å². The number of nitrogens with one attached hydrogen (secondary N) is 1. The summed E-state index contributed by atoms with van der Waals surface area (Å²) in [5.74, 6) is 0.616. The minimum atomic E-state index is -0.888. The summed E-state index contributed by atoms with van der Waals surface area (Å²) in [6.07, 6.45) is -0.0688. The fourth-order valence-electron chi connectivity index (χ4n) is 1.82. The summed E-state index contributed by atoms with van der Waals surface area (Å²) in [5, 5.41) is 14.3. The standard InChI is InChI=1S/C14H16N2O4S/c1-19-11-3-4-12(20-2)9(5-11)7-15-14-16-10(8-21-14)6-13(17)18/h3-5,8H,6-7H2,1-2H3,(H,15,16)(H,17,18). The number of methoxy groups -OCH3 is 2. The molecule has 0 bridgehead atoms. The number of ether oxygens (including phenoxy) is 2. The Bertz CT molecular complexity index is 627. The topological polar surface area (TPSA) is 80.7 Å². The molecule has 0 aliphatic heterocycles. The van der Waals surface area contributed by atoms with E-state index in [1.807, 2.05) is 18.2 Å². The van der Waals surface area contributed by atoms with Gasteiger partial charge in [-0.3, -0.25) is 4.79 Å². The fourth-order valence-corrected chi connectivity index (χ4v) is 2.52. The van der Waals surface area contributed by atoms with Gasteiger partial charge in [-0.05, 0) is 18.2 Å². The summed E-state index contributed by atoms with van der Waals surface area (Å²) in [5.41, 5.74) is 1.49. The van der Waals surface area contributed by atoms with Crippen molar-refractivity contribution in [2.75, 3.05) is 19.5 Å². The summed E-state index contributed by atoms with van der Waals surface area (Å²) < 4.78 is 10.5. The number of benzene rings is 1. The number of anilines is 1. The van der Waals surface area contributed by atoms with Crippen LogP contribution in [0.1, 0.15) is 11.3 Å². The average Bonchev–Trinajstić information content (AvgIpc) is 2.91. The number of nitrogens with zero attached hydrogens (tertiary/aromatic N) is 1. The van der Waals surface area contributed by atoms with Crippen molar-refractivity contribution in [2.24, 2.45) is 0 Å². The molecule has 0 unspecified atom stereocenters. The van der Waals surface area contributed by atoms with Crippen LogP contribution in [-0.4, -0.2) is 30.3 Å². The van der Waals surface area contributed by atoms with E-state index in [4.69, 9.17) is 14.6 Å². The Balaban J connectivity index is 2.05. The number of hydrogen-bond acceptors (Lipinski definition) is 6. The highest BCUT2D eigenvalue weighted by Gasteiger charge is 2.08. The quantitative estimate of drug-likeness (QED) is 0.817. The molecule has 0 aliphatic rings. The second kappa shape index (κ2) is 6.94. The van der Waals surface area contributed by atoms with Crippen molar-refractivity contribution in [1.82, 2.24) is 4.98 Å². The number of aliphatic carboxylic acids is 1. The van der Waals surface area contributed by atoms with E-state index < -0.39 is 5.97 Å². The van der Waals surface area contributed by atoms with E-state index in [1.165, 1.54) is 11.3 Å². The van der Waals surface area contributed by atoms with Gasteiger partial charge in [0.1, 0.15) is 11.5 Å². The fraction of sp³-hybridized carbons (Fsp3) is 0.286. The van der Waals surface area contributed by atoms with Gasteiger partial charge in [-0.15, -0.1) is 11.3 Å². The first-order valence-corrected chi connectivity index (χ1v) is 7.11. The molecule has 0 saturated heterocycles. The third kappa shape index (κ3) is 4.09. The smallest absolute Gasteiger partial charge is 0.309 e. The van der Waals surface area contributed by atoms with E-state index in [1.54, 1.807) is 19.6 Å². The van der Waals surface area contributed by atoms with Gasteiger partial charge in [-0.1, -0.05) is 0 Å². The van der Waals surface area contributed by atoms with Gasteiger partial charge in [0.15, 0.2) is 5.13 Å². The molecule has 0 saturated carbocycles. The lowest BCUT2D eigenvalue weighted by Gasteiger charge is -2.10. The number of carboxylic acids is 1. The van der Waals surface area contributed by atoms with Crippen LogP contribution in [0.3, 0.4) is 0 Å². The van der Waals surface area contributed by atoms with Crippen LogP contribution in [0.5, 0.6) is 11.5 Å². The van der Waals surface area contributed by atoms with Crippen molar-refractivity contribution in [2.45, 2.75) is 13.0 Å². The average molecular weight is 308 g/mol. The van der Waals surface area contributed by atoms with E-state index >= 15 is 0 Å². The molecular formula is C14H16N2O4S. The van der Waals surface area contributed by atoms with Gasteiger partial charge >= 0.3 is 5.97 Å². The zero-order valence-corrected chi connectivity index (χ0v) is 12.6. The Morgan fingerprint density at radius 2 is 2.19 bits per heavy atom. The first kappa shape index (κ1) is 15.1. The number of aromatic nitrogens is 1. The zero-order chi connectivity index (χ0) is 15.2. The van der Waals surface area contributed by atoms with Crippen LogP contribution in [0, 0.1) is 0 Å². The van der Waals surface area contributed by atoms with Gasteiger partial charge < -0.3 is 19.9 Å². The molecule has 0 atom stereocenters. The van der Waals surface area contributed by atoms with Gasteiger partial charge in [-0.25, -0.2) is 4.98 Å². The second-order valence-corrected chi connectivity index (χ2v) is 5.10. The molecular weight excluding hydrogens is 292 g/mol. The molecule has 112 valence electrons. The molecule has 1 aromatic carbocycles. The van der Waals surface area contributed by atoms with E-state index in [9.17, 15) is 4.79 Å². The minimum absolute atomic E-state index is 0.0688. The number of thiazole rings is 1. The monoisotopic (exact) mass is 308 g/mol. The van der Waals surface area contributed by atoms with Crippen LogP contribution in [-0.2, 0) is 17.8 Å². The Kier molecular flexibility index (Phi) is 4.99. The van der Waals surface area contributed by atoms with Crippen LogP contribution in [0.2, 0.25) is 0 Å². The predicted octanol–water partition coefficient (Wildman–Crippen LogP) is 2.40. The van der Waals surface area contributed by atoms with Crippen LogP contribution < -0.4 is 14.8 Å². The van der Waals surface area contributed by atoms with E-state index in [0.717, 1.165) is 17.1 Å². The van der Waals surface area contributed by atoms with E-state index in [-0.39, 0.29) is 6.42 Å². The van der Waals surface area contributed by atoms with Gasteiger partial charge in [-0.2, -0.15) is 0 Å². The first-order chi connectivity index (χ1) is 10.1. The molecule has 0 aliphatic carbocycles. The van der Waals surface area contributed by atoms with Crippen molar-refractivity contribution in [1.29, 1.82) is 0 Å². The molecule has 6 nitrogen and oxygen atoms in total. The highest BCUT2D eigenvalue weighted by atomic mass is 32.1. The molecule has 1 heterocycles. The van der Waals surface area contributed by atoms with Crippen molar-refractivity contribution >= 4 is 22.4 Å². The van der Waals surface area contributed by atoms with Gasteiger partial charge in [0.05, 0.1) is 26.3 Å². The minimum Gasteiger partial charge on any atom is -0.497 e. The molecule has 0 amide bonds. The summed E-state index contributed by atoms with van der Waals surface area (Å²) in [7, 11) is 3.22. The van der Waals surface area contributed by atoms with Gasteiger partial charge in [0.25, 0.3) is 0 Å². The van der Waals surface area contributed by atoms with Gasteiger partial charge in [0, 0.05) is 17.5 Å². The van der Waals surface area contributed by atoms with Crippen molar-refractivity contribution in [3.63, 3.8) is 0 Å². The largest absolute Gasteiger partial charge is 0.497 e. The molecule has 7 heteroatoms. The van der Waals surface area contributed by atoms with Crippen molar-refractivity contribution in [3.8, 4) is 11.5 Å². The first-order valence-electron chi connectivity index (χ1n) is 6.23. The van der Waals surface area contributed by atoms with Gasteiger partial charge in [0.2, 0.25) is 0 Å². The van der Waals surface area contributed by atoms with E-state index in [2.05, 4.69) is 10.3 Å². The molecule has 0 radical (unpaired) electrons. The Hall–Kier alpha value is -2.28. The molecule has 2 rings (SSSR count). The number of hydrogen-bond donors (Lipinski definition) is 2. The van der Waals surface area contributed by atoms with Crippen LogP contribution in [0.15, 0.2) is 23.6 Å². The number of carbonyl (C=O) groups is 1. The molecule has 0 fully saturated rings. The normalized spacial score (nSPS) is 10.2. The molecule has 21 heavy (non-hydrogen) atoms. The summed E-state index contributed by atoms with van der Waals surface area (Å²) in [4.78, 5) is 14.8. The number of carboxylic acid groups (broad SMARTS) is 1. The maximum absolute atomic E-state index is 10.6. The van der Waals surface area contributed by atoms with Crippen molar-refractivity contribution < 1.29 is 19.4 Å². The summed E-state index contributed by atoms with van der Waals surface area (Å²) >= 11 is 1.38. The Morgan fingerprint density at radius 3 is 2.86 bits per heavy atom. The summed E-state index contributed by atoms with van der Waals surface area (Å²) in [6.45, 7) is 0.514. The number of rotatable bonds is 7. The van der Waals surface area contributed by atoms with Crippen LogP contribution >= 0.6 is 11.3 Å². The molecule has 2 N–H and O–H groups in total. The Morgan fingerprint density at radius 1 is 1.38 bits per heavy atom. The van der Waals surface area contributed by atoms with Crippen LogP contribution in [0.25, 0.3) is 0 Å². The Labute approximate surface area is 126 Å². The lowest BCUT2D eigenvalue weighted by molar-refractivity contribution is -0.136. The molecule has 1 aromatic heterocycles. The molecule has 0 spiro atoms. The lowest BCUT2D eigenvalue weighted by atomic mass is 10.2. The second-order valence-electron chi connectivity index (χ2n) is 4.25. The lowest BCUT2D eigenvalue weighted by Crippen LogP contribution is -2.03. The predicted molar refractivity (Wildman–Crippen MR) is 80.3 cm³/mol. The van der Waals surface area contributed by atoms with Crippen LogP contribution in [0.4, 0.5) is 5.13 Å². The van der Waals surface area contributed by atoms with E-state index in [0.29, 0.717) is 17.4 Å². The highest BCUT2D eigenvalue weighted by molar-refractivity contribution is 7.13. The third-order valence-corrected chi connectivity index (χ3v) is 3.65. The zero-order valence-electron chi connectivity index (χ0n) is 11.8. The summed E-state index contributed by atoms with van der Waals surface area (Å²) in [6, 6.07) is 5.56. The maximum Gasteiger partial charge on any atom is 0.309 e. The SMILES string of the molecule is COc1ccc(OC)c(CNc2nc(CC(=O)O)cs2)c1.